The third-order valence-electron chi connectivity index (χ3n) is 2.97. The van der Waals surface area contributed by atoms with Gasteiger partial charge in [0.25, 0.3) is 0 Å². The summed E-state index contributed by atoms with van der Waals surface area (Å²) in [6, 6.07) is 6.11. The van der Waals surface area contributed by atoms with Crippen LogP contribution in [-0.2, 0) is 17.6 Å². The number of amidine groups is 1. The maximum Gasteiger partial charge on any atom is 0.243 e. The fraction of sp³-hybridized carbons (Fsp3) is 0.385. The lowest BCUT2D eigenvalue weighted by Crippen LogP contribution is -2.30. The average molecular weight is 248 g/mol. The van der Waals surface area contributed by atoms with Crippen LogP contribution in [0.25, 0.3) is 0 Å². The molecule has 0 atom stereocenters. The Labute approximate surface area is 106 Å². The maximum absolute atomic E-state index is 11.9. The molecule has 1 saturated heterocycles. The molecule has 2 rings (SSSR count). The zero-order valence-electron chi connectivity index (χ0n) is 10.1. The van der Waals surface area contributed by atoms with Gasteiger partial charge in [-0.1, -0.05) is 43.8 Å². The topological polar surface area (TPSA) is 44.2 Å². The number of para-hydroxylation sites is 1. The van der Waals surface area contributed by atoms with E-state index in [1.807, 2.05) is 18.2 Å². The summed E-state index contributed by atoms with van der Waals surface area (Å²) in [4.78, 5) is 13.5. The first-order valence-corrected chi connectivity index (χ1v) is 6.82. The van der Waals surface area contributed by atoms with E-state index in [9.17, 15) is 4.79 Å². The molecule has 0 saturated carbocycles. The predicted molar refractivity (Wildman–Crippen MR) is 72.9 cm³/mol. The first-order chi connectivity index (χ1) is 8.19. The van der Waals surface area contributed by atoms with E-state index in [0.717, 1.165) is 29.7 Å². The lowest BCUT2D eigenvalue weighted by molar-refractivity contribution is -0.115. The molecule has 1 aromatic rings. The van der Waals surface area contributed by atoms with Crippen LogP contribution in [0.2, 0.25) is 0 Å². The predicted octanol–water partition coefficient (Wildman–Crippen LogP) is 2.83. The van der Waals surface area contributed by atoms with Gasteiger partial charge in [-0.05, 0) is 24.0 Å². The van der Waals surface area contributed by atoms with Crippen molar-refractivity contribution < 1.29 is 4.79 Å². The molecule has 1 N–H and O–H groups in total. The SMILES string of the molecule is CCc1cccc(CC)c1N1C(=N)SCC1=O. The summed E-state index contributed by atoms with van der Waals surface area (Å²) in [5.41, 5.74) is 3.23. The van der Waals surface area contributed by atoms with Gasteiger partial charge in [0.05, 0.1) is 11.4 Å². The Morgan fingerprint density at radius 1 is 1.29 bits per heavy atom. The molecule has 90 valence electrons. The number of amides is 1. The fourth-order valence-electron chi connectivity index (χ4n) is 2.10. The lowest BCUT2D eigenvalue weighted by Gasteiger charge is -2.21. The Bertz CT molecular complexity index is 432. The van der Waals surface area contributed by atoms with Gasteiger partial charge < -0.3 is 0 Å². The van der Waals surface area contributed by atoms with Crippen molar-refractivity contribution in [3.63, 3.8) is 0 Å². The van der Waals surface area contributed by atoms with Gasteiger partial charge in [-0.15, -0.1) is 0 Å². The highest BCUT2D eigenvalue weighted by Gasteiger charge is 2.30. The molecule has 17 heavy (non-hydrogen) atoms. The minimum atomic E-state index is 0.0237. The van der Waals surface area contributed by atoms with Crippen molar-refractivity contribution in [2.75, 3.05) is 10.7 Å². The number of rotatable bonds is 3. The molecule has 0 aromatic heterocycles. The van der Waals surface area contributed by atoms with Gasteiger partial charge in [-0.25, -0.2) is 0 Å². The minimum Gasteiger partial charge on any atom is -0.278 e. The zero-order chi connectivity index (χ0) is 12.4. The maximum atomic E-state index is 11.9. The second-order valence-electron chi connectivity index (χ2n) is 3.95. The highest BCUT2D eigenvalue weighted by Crippen LogP contribution is 2.32. The monoisotopic (exact) mass is 248 g/mol. The quantitative estimate of drug-likeness (QED) is 0.894. The van der Waals surface area contributed by atoms with Gasteiger partial charge in [0.1, 0.15) is 0 Å². The number of hydrogen-bond donors (Lipinski definition) is 1. The molecule has 3 nitrogen and oxygen atoms in total. The summed E-state index contributed by atoms with van der Waals surface area (Å²) < 4.78 is 0. The van der Waals surface area contributed by atoms with Gasteiger partial charge in [0.15, 0.2) is 5.17 Å². The zero-order valence-corrected chi connectivity index (χ0v) is 10.9. The number of aryl methyl sites for hydroxylation is 2. The number of thioether (sulfide) groups is 1. The van der Waals surface area contributed by atoms with Crippen molar-refractivity contribution in [2.45, 2.75) is 26.7 Å². The molecule has 0 aliphatic carbocycles. The lowest BCUT2D eigenvalue weighted by atomic mass is 10.0. The van der Waals surface area contributed by atoms with Crippen LogP contribution in [0.5, 0.6) is 0 Å². The van der Waals surface area contributed by atoms with Gasteiger partial charge >= 0.3 is 0 Å². The van der Waals surface area contributed by atoms with Gasteiger partial charge in [-0.3, -0.25) is 15.1 Å². The van der Waals surface area contributed by atoms with Crippen LogP contribution in [0.15, 0.2) is 18.2 Å². The molecule has 1 aliphatic heterocycles. The van der Waals surface area contributed by atoms with Crippen LogP contribution < -0.4 is 4.90 Å². The average Bonchev–Trinajstić information content (AvgIpc) is 2.68. The van der Waals surface area contributed by atoms with E-state index < -0.39 is 0 Å². The standard InChI is InChI=1S/C13H16N2OS/c1-3-9-6-5-7-10(4-2)12(9)15-11(16)8-17-13(15)14/h5-7,14H,3-4,8H2,1-2H3. The molecule has 1 fully saturated rings. The Kier molecular flexibility index (Phi) is 3.52. The number of hydrogen-bond acceptors (Lipinski definition) is 3. The molecule has 1 aliphatic rings. The Hall–Kier alpha value is -1.29. The summed E-state index contributed by atoms with van der Waals surface area (Å²) in [5, 5.41) is 8.24. The van der Waals surface area contributed by atoms with E-state index in [1.54, 1.807) is 4.90 Å². The van der Waals surface area contributed by atoms with Crippen LogP contribution in [-0.4, -0.2) is 16.8 Å². The van der Waals surface area contributed by atoms with E-state index in [0.29, 0.717) is 10.9 Å². The van der Waals surface area contributed by atoms with Gasteiger partial charge in [0.2, 0.25) is 5.91 Å². The first-order valence-electron chi connectivity index (χ1n) is 5.84. The molecule has 1 aromatic carbocycles. The Balaban J connectivity index is 2.56. The van der Waals surface area contributed by atoms with Crippen LogP contribution >= 0.6 is 11.8 Å². The number of carbonyl (C=O) groups excluding carboxylic acids is 1. The van der Waals surface area contributed by atoms with Crippen molar-refractivity contribution in [3.05, 3.63) is 29.3 Å². The number of benzene rings is 1. The molecule has 0 radical (unpaired) electrons. The summed E-state index contributed by atoms with van der Waals surface area (Å²) in [6.07, 6.45) is 1.76. The van der Waals surface area contributed by atoms with Crippen molar-refractivity contribution in [1.82, 2.24) is 0 Å². The molecular weight excluding hydrogens is 232 g/mol. The molecule has 1 heterocycles. The second kappa shape index (κ2) is 4.92. The molecule has 0 spiro atoms. The van der Waals surface area contributed by atoms with Crippen LogP contribution in [0.3, 0.4) is 0 Å². The third kappa shape index (κ3) is 2.09. The summed E-state index contributed by atoms with van der Waals surface area (Å²) in [5.74, 6) is 0.413. The summed E-state index contributed by atoms with van der Waals surface area (Å²) >= 11 is 1.31. The normalized spacial score (nSPS) is 15.8. The molecule has 0 bridgehead atoms. The van der Waals surface area contributed by atoms with Crippen molar-refractivity contribution in [3.8, 4) is 0 Å². The van der Waals surface area contributed by atoms with Crippen LogP contribution in [0, 0.1) is 5.41 Å². The molecule has 1 amide bonds. The van der Waals surface area contributed by atoms with E-state index in [1.165, 1.54) is 11.8 Å². The van der Waals surface area contributed by atoms with Gasteiger partial charge in [-0.2, -0.15) is 0 Å². The Morgan fingerprint density at radius 3 is 2.29 bits per heavy atom. The summed E-state index contributed by atoms with van der Waals surface area (Å²) in [7, 11) is 0. The van der Waals surface area contributed by atoms with E-state index in [4.69, 9.17) is 5.41 Å². The van der Waals surface area contributed by atoms with Crippen molar-refractivity contribution in [1.29, 1.82) is 5.41 Å². The van der Waals surface area contributed by atoms with E-state index >= 15 is 0 Å². The Morgan fingerprint density at radius 2 is 1.88 bits per heavy atom. The third-order valence-corrected chi connectivity index (χ3v) is 3.82. The summed E-state index contributed by atoms with van der Waals surface area (Å²) in [6.45, 7) is 4.16. The minimum absolute atomic E-state index is 0.0237. The smallest absolute Gasteiger partial charge is 0.243 e. The largest absolute Gasteiger partial charge is 0.278 e. The molecule has 4 heteroatoms. The molecular formula is C13H16N2OS. The highest BCUT2D eigenvalue weighted by molar-refractivity contribution is 8.15. The molecule has 0 unspecified atom stereocenters. The van der Waals surface area contributed by atoms with Crippen molar-refractivity contribution in [2.24, 2.45) is 0 Å². The van der Waals surface area contributed by atoms with E-state index in [2.05, 4.69) is 13.8 Å². The van der Waals surface area contributed by atoms with E-state index in [-0.39, 0.29) is 5.91 Å². The fourth-order valence-corrected chi connectivity index (χ4v) is 2.81. The van der Waals surface area contributed by atoms with Crippen molar-refractivity contribution >= 4 is 28.5 Å². The van der Waals surface area contributed by atoms with Crippen LogP contribution in [0.4, 0.5) is 5.69 Å². The second-order valence-corrected chi connectivity index (χ2v) is 4.92. The van der Waals surface area contributed by atoms with Gasteiger partial charge in [0, 0.05) is 0 Å². The highest BCUT2D eigenvalue weighted by atomic mass is 32.2. The number of carbonyl (C=O) groups is 1. The first kappa shape index (κ1) is 12.2. The number of anilines is 1. The van der Waals surface area contributed by atoms with Crippen LogP contribution in [0.1, 0.15) is 25.0 Å². The number of nitrogens with one attached hydrogen (secondary N) is 1. The number of nitrogens with zero attached hydrogens (tertiary/aromatic N) is 1.